The van der Waals surface area contributed by atoms with Gasteiger partial charge in [-0.25, -0.2) is 0 Å². The second-order valence-corrected chi connectivity index (χ2v) is 5.18. The van der Waals surface area contributed by atoms with E-state index >= 15 is 0 Å². The Labute approximate surface area is 111 Å². The highest BCUT2D eigenvalue weighted by molar-refractivity contribution is 8.16. The Bertz CT molecular complexity index is 597. The van der Waals surface area contributed by atoms with Crippen LogP contribution in [0, 0.1) is 0 Å². The van der Waals surface area contributed by atoms with E-state index in [1.54, 1.807) is 0 Å². The zero-order valence-electron chi connectivity index (χ0n) is 9.80. The lowest BCUT2D eigenvalue weighted by Crippen LogP contribution is -1.86. The van der Waals surface area contributed by atoms with E-state index in [9.17, 15) is 4.79 Å². The van der Waals surface area contributed by atoms with Crippen molar-refractivity contribution < 1.29 is 4.79 Å². The Balaban J connectivity index is 1.88. The SMILES string of the molecule is O=C1CC(c2ccc(-c3ccccc3)cc2)=CS1. The second kappa shape index (κ2) is 4.83. The summed E-state index contributed by atoms with van der Waals surface area (Å²) in [5.74, 6) is 0. The van der Waals surface area contributed by atoms with Gasteiger partial charge in [-0.05, 0) is 27.7 Å². The van der Waals surface area contributed by atoms with Gasteiger partial charge in [0, 0.05) is 6.42 Å². The maximum atomic E-state index is 11.2. The van der Waals surface area contributed by atoms with Gasteiger partial charge in [0.05, 0.1) is 0 Å². The van der Waals surface area contributed by atoms with Gasteiger partial charge in [-0.2, -0.15) is 0 Å². The molecule has 0 bridgehead atoms. The summed E-state index contributed by atoms with van der Waals surface area (Å²) in [6, 6.07) is 18.7. The number of hydrogen-bond acceptors (Lipinski definition) is 2. The van der Waals surface area contributed by atoms with Crippen LogP contribution in [0.1, 0.15) is 12.0 Å². The van der Waals surface area contributed by atoms with E-state index < -0.39 is 0 Å². The molecular weight excluding hydrogens is 240 g/mol. The molecule has 2 aromatic carbocycles. The number of hydrogen-bond donors (Lipinski definition) is 0. The summed E-state index contributed by atoms with van der Waals surface area (Å²) in [4.78, 5) is 11.2. The molecule has 18 heavy (non-hydrogen) atoms. The molecule has 0 spiro atoms. The van der Waals surface area contributed by atoms with Crippen molar-refractivity contribution in [1.82, 2.24) is 0 Å². The Morgan fingerprint density at radius 3 is 2.00 bits per heavy atom. The number of carbonyl (C=O) groups is 1. The van der Waals surface area contributed by atoms with Crippen molar-refractivity contribution in [1.29, 1.82) is 0 Å². The normalized spacial score (nSPS) is 14.7. The third kappa shape index (κ3) is 2.24. The molecule has 1 aliphatic heterocycles. The quantitative estimate of drug-likeness (QED) is 0.790. The molecule has 0 saturated heterocycles. The van der Waals surface area contributed by atoms with E-state index in [0.29, 0.717) is 6.42 Å². The van der Waals surface area contributed by atoms with E-state index in [1.807, 2.05) is 23.6 Å². The van der Waals surface area contributed by atoms with E-state index in [-0.39, 0.29) is 5.12 Å². The first-order valence-electron chi connectivity index (χ1n) is 5.87. The Kier molecular flexibility index (Phi) is 3.03. The van der Waals surface area contributed by atoms with E-state index in [2.05, 4.69) is 36.4 Å². The maximum absolute atomic E-state index is 11.2. The lowest BCUT2D eigenvalue weighted by molar-refractivity contribution is -0.109. The molecule has 1 aliphatic rings. The lowest BCUT2D eigenvalue weighted by Gasteiger charge is -2.04. The van der Waals surface area contributed by atoms with E-state index in [4.69, 9.17) is 0 Å². The molecule has 1 nitrogen and oxygen atoms in total. The topological polar surface area (TPSA) is 17.1 Å². The average Bonchev–Trinajstić information content (AvgIpc) is 2.87. The Morgan fingerprint density at radius 2 is 1.39 bits per heavy atom. The third-order valence-electron chi connectivity index (χ3n) is 3.03. The minimum atomic E-state index is 0.233. The summed E-state index contributed by atoms with van der Waals surface area (Å²) in [6.07, 6.45) is 0.551. The Morgan fingerprint density at radius 1 is 0.778 bits per heavy atom. The van der Waals surface area contributed by atoms with Gasteiger partial charge in [0.1, 0.15) is 0 Å². The van der Waals surface area contributed by atoms with Gasteiger partial charge in [-0.15, -0.1) is 0 Å². The summed E-state index contributed by atoms with van der Waals surface area (Å²) in [5, 5.41) is 2.19. The van der Waals surface area contributed by atoms with Crippen molar-refractivity contribution in [3.8, 4) is 11.1 Å². The number of allylic oxidation sites excluding steroid dienone is 1. The monoisotopic (exact) mass is 252 g/mol. The number of benzene rings is 2. The molecule has 0 radical (unpaired) electrons. The van der Waals surface area contributed by atoms with E-state index in [0.717, 1.165) is 11.1 Å². The minimum Gasteiger partial charge on any atom is -0.286 e. The van der Waals surface area contributed by atoms with Crippen LogP contribution in [-0.4, -0.2) is 5.12 Å². The van der Waals surface area contributed by atoms with Crippen molar-refractivity contribution in [3.63, 3.8) is 0 Å². The number of rotatable bonds is 2. The van der Waals surface area contributed by atoms with Gasteiger partial charge >= 0.3 is 0 Å². The maximum Gasteiger partial charge on any atom is 0.197 e. The number of thioether (sulfide) groups is 1. The Hall–Kier alpha value is -1.80. The van der Waals surface area contributed by atoms with Crippen molar-refractivity contribution >= 4 is 22.5 Å². The van der Waals surface area contributed by atoms with Gasteiger partial charge in [-0.1, -0.05) is 66.4 Å². The lowest BCUT2D eigenvalue weighted by atomic mass is 10.00. The van der Waals surface area contributed by atoms with Crippen molar-refractivity contribution in [2.45, 2.75) is 6.42 Å². The highest BCUT2D eigenvalue weighted by Crippen LogP contribution is 2.32. The fourth-order valence-electron chi connectivity index (χ4n) is 2.05. The standard InChI is InChI=1S/C16H12OS/c17-16-10-15(11-18-16)14-8-6-13(7-9-14)12-4-2-1-3-5-12/h1-9,11H,10H2. The predicted octanol–water partition coefficient (Wildman–Crippen LogP) is 4.36. The molecule has 3 rings (SSSR count). The zero-order chi connectivity index (χ0) is 12.4. The molecule has 0 saturated carbocycles. The highest BCUT2D eigenvalue weighted by atomic mass is 32.2. The molecule has 0 amide bonds. The van der Waals surface area contributed by atoms with Crippen molar-refractivity contribution in [2.24, 2.45) is 0 Å². The highest BCUT2D eigenvalue weighted by Gasteiger charge is 2.14. The van der Waals surface area contributed by atoms with Crippen LogP contribution in [0.5, 0.6) is 0 Å². The number of carbonyl (C=O) groups excluding carboxylic acids is 1. The minimum absolute atomic E-state index is 0.233. The third-order valence-corrected chi connectivity index (χ3v) is 3.84. The predicted molar refractivity (Wildman–Crippen MR) is 77.1 cm³/mol. The molecule has 0 unspecified atom stereocenters. The molecule has 2 aromatic rings. The van der Waals surface area contributed by atoms with Crippen LogP contribution in [-0.2, 0) is 4.79 Å². The van der Waals surface area contributed by atoms with E-state index in [1.165, 1.54) is 22.9 Å². The fraction of sp³-hybridized carbons (Fsp3) is 0.0625. The van der Waals surface area contributed by atoms with Gasteiger partial charge < -0.3 is 0 Å². The van der Waals surface area contributed by atoms with Crippen molar-refractivity contribution in [2.75, 3.05) is 0 Å². The largest absolute Gasteiger partial charge is 0.286 e. The molecule has 2 heteroatoms. The molecule has 0 N–H and O–H groups in total. The summed E-state index contributed by atoms with van der Waals surface area (Å²) < 4.78 is 0. The smallest absolute Gasteiger partial charge is 0.197 e. The van der Waals surface area contributed by atoms with Crippen LogP contribution in [0.25, 0.3) is 16.7 Å². The zero-order valence-corrected chi connectivity index (χ0v) is 10.6. The molecule has 1 heterocycles. The summed E-state index contributed by atoms with van der Waals surface area (Å²) in [6.45, 7) is 0. The van der Waals surface area contributed by atoms with Crippen LogP contribution in [0.4, 0.5) is 0 Å². The molecule has 0 aliphatic carbocycles. The van der Waals surface area contributed by atoms with Gasteiger partial charge in [0.25, 0.3) is 0 Å². The molecule has 0 fully saturated rings. The molecule has 88 valence electrons. The van der Waals surface area contributed by atoms with Gasteiger partial charge in [-0.3, -0.25) is 4.79 Å². The van der Waals surface area contributed by atoms with Crippen LogP contribution < -0.4 is 0 Å². The first-order valence-corrected chi connectivity index (χ1v) is 6.75. The summed E-state index contributed by atoms with van der Waals surface area (Å²) >= 11 is 1.30. The average molecular weight is 252 g/mol. The molecule has 0 atom stereocenters. The van der Waals surface area contributed by atoms with Gasteiger partial charge in [0.2, 0.25) is 0 Å². The van der Waals surface area contributed by atoms with Gasteiger partial charge in [0.15, 0.2) is 5.12 Å². The first kappa shape index (κ1) is 11.3. The molecular formula is C16H12OS. The second-order valence-electron chi connectivity index (χ2n) is 4.25. The fourth-order valence-corrected chi connectivity index (χ4v) is 2.79. The molecule has 0 aromatic heterocycles. The van der Waals surface area contributed by atoms with Crippen LogP contribution >= 0.6 is 11.8 Å². The van der Waals surface area contributed by atoms with Crippen LogP contribution in [0.3, 0.4) is 0 Å². The van der Waals surface area contributed by atoms with Crippen LogP contribution in [0.2, 0.25) is 0 Å². The van der Waals surface area contributed by atoms with Crippen LogP contribution in [0.15, 0.2) is 60.0 Å². The summed E-state index contributed by atoms with van der Waals surface area (Å²) in [5.41, 5.74) is 4.70. The summed E-state index contributed by atoms with van der Waals surface area (Å²) in [7, 11) is 0. The first-order chi connectivity index (χ1) is 8.83. The van der Waals surface area contributed by atoms with Crippen molar-refractivity contribution in [3.05, 3.63) is 65.6 Å².